The number of hydrogen-bond acceptors (Lipinski definition) is 2. The number of rotatable bonds is 3. The number of carbonyl (C=O) groups is 1. The highest BCUT2D eigenvalue weighted by Gasteiger charge is 2.31. The van der Waals surface area contributed by atoms with Gasteiger partial charge >= 0.3 is 0 Å². The van der Waals surface area contributed by atoms with Gasteiger partial charge in [-0.2, -0.15) is 0 Å². The van der Waals surface area contributed by atoms with Crippen molar-refractivity contribution in [1.82, 2.24) is 9.88 Å². The molecule has 2 heterocycles. The normalized spacial score (nSPS) is 15.6. The summed E-state index contributed by atoms with van der Waals surface area (Å²) in [5, 5.41) is 3.08. The van der Waals surface area contributed by atoms with Crippen molar-refractivity contribution >= 4 is 5.91 Å². The van der Waals surface area contributed by atoms with Gasteiger partial charge in [-0.1, -0.05) is 44.2 Å². The quantitative estimate of drug-likeness (QED) is 0.749. The number of fused-ring (bicyclic) bond motifs is 1. The van der Waals surface area contributed by atoms with E-state index in [4.69, 9.17) is 4.74 Å². The number of methoxy groups -OCH3 is 1. The number of ether oxygens (including phenoxy) is 1. The monoisotopic (exact) mass is 360 g/mol. The lowest BCUT2D eigenvalue weighted by atomic mass is 9.88. The Morgan fingerprint density at radius 3 is 2.41 bits per heavy atom. The molecular weight excluding hydrogens is 336 g/mol. The molecule has 3 aromatic rings. The van der Waals surface area contributed by atoms with Crippen LogP contribution in [0.4, 0.5) is 0 Å². The number of aromatic nitrogens is 1. The molecule has 0 saturated carbocycles. The first kappa shape index (κ1) is 17.4. The van der Waals surface area contributed by atoms with Crippen LogP contribution in [0.25, 0.3) is 16.9 Å². The molecule has 4 heteroatoms. The van der Waals surface area contributed by atoms with Crippen LogP contribution in [0, 0.1) is 5.41 Å². The molecule has 0 spiro atoms. The molecule has 1 aliphatic heterocycles. The van der Waals surface area contributed by atoms with E-state index in [9.17, 15) is 4.79 Å². The molecule has 1 amide bonds. The Bertz CT molecular complexity index is 970. The third-order valence-electron chi connectivity index (χ3n) is 5.12. The minimum absolute atomic E-state index is 0.0000165. The second-order valence-corrected chi connectivity index (χ2v) is 7.81. The predicted octanol–water partition coefficient (Wildman–Crippen LogP) is 4.47. The van der Waals surface area contributed by atoms with E-state index in [0.717, 1.165) is 40.4 Å². The molecule has 27 heavy (non-hydrogen) atoms. The van der Waals surface area contributed by atoms with Gasteiger partial charge in [-0.15, -0.1) is 0 Å². The van der Waals surface area contributed by atoms with Crippen molar-refractivity contribution in [3.8, 4) is 22.7 Å². The van der Waals surface area contributed by atoms with Crippen molar-refractivity contribution in [2.45, 2.75) is 20.3 Å². The lowest BCUT2D eigenvalue weighted by Crippen LogP contribution is -2.31. The van der Waals surface area contributed by atoms with Gasteiger partial charge in [0, 0.05) is 17.9 Å². The fourth-order valence-corrected chi connectivity index (χ4v) is 3.70. The standard InChI is InChI=1S/C23H24N2O2/c1-23(2)14-21-19(22(26)24-15-23)13-20(16-7-5-4-6-8-16)25(21)17-9-11-18(27-3)12-10-17/h4-13H,14-15H2,1-3H3,(H,24,26). The van der Waals surface area contributed by atoms with Gasteiger partial charge in [0.25, 0.3) is 5.91 Å². The number of amides is 1. The van der Waals surface area contributed by atoms with E-state index >= 15 is 0 Å². The molecule has 0 unspecified atom stereocenters. The minimum Gasteiger partial charge on any atom is -0.497 e. The Balaban J connectivity index is 1.97. The summed E-state index contributed by atoms with van der Waals surface area (Å²) in [4.78, 5) is 12.8. The molecule has 0 radical (unpaired) electrons. The van der Waals surface area contributed by atoms with Gasteiger partial charge in [0.1, 0.15) is 5.75 Å². The van der Waals surface area contributed by atoms with E-state index in [1.165, 1.54) is 0 Å². The number of benzene rings is 2. The molecular formula is C23H24N2O2. The number of carbonyl (C=O) groups excluding carboxylic acids is 1. The van der Waals surface area contributed by atoms with E-state index in [1.807, 2.05) is 48.5 Å². The fourth-order valence-electron chi connectivity index (χ4n) is 3.70. The van der Waals surface area contributed by atoms with Gasteiger partial charge < -0.3 is 14.6 Å². The summed E-state index contributed by atoms with van der Waals surface area (Å²) in [5.74, 6) is 0.816. The van der Waals surface area contributed by atoms with Crippen LogP contribution in [0.5, 0.6) is 5.75 Å². The third kappa shape index (κ3) is 3.23. The van der Waals surface area contributed by atoms with E-state index in [2.05, 4.69) is 35.9 Å². The summed E-state index contributed by atoms with van der Waals surface area (Å²) in [5.41, 5.74) is 4.94. The van der Waals surface area contributed by atoms with Crippen molar-refractivity contribution in [2.75, 3.05) is 13.7 Å². The van der Waals surface area contributed by atoms with E-state index in [-0.39, 0.29) is 11.3 Å². The van der Waals surface area contributed by atoms with Crippen molar-refractivity contribution < 1.29 is 9.53 Å². The molecule has 0 aliphatic carbocycles. The predicted molar refractivity (Wildman–Crippen MR) is 108 cm³/mol. The van der Waals surface area contributed by atoms with Crippen molar-refractivity contribution in [2.24, 2.45) is 5.41 Å². The summed E-state index contributed by atoms with van der Waals surface area (Å²) >= 11 is 0. The van der Waals surface area contributed by atoms with Gasteiger partial charge in [0.05, 0.1) is 18.4 Å². The highest BCUT2D eigenvalue weighted by atomic mass is 16.5. The molecule has 2 aromatic carbocycles. The van der Waals surface area contributed by atoms with Crippen LogP contribution in [0.1, 0.15) is 29.9 Å². The first-order valence-electron chi connectivity index (χ1n) is 9.21. The molecule has 138 valence electrons. The summed E-state index contributed by atoms with van der Waals surface area (Å²) in [7, 11) is 1.67. The molecule has 0 saturated heterocycles. The van der Waals surface area contributed by atoms with Crippen LogP contribution >= 0.6 is 0 Å². The molecule has 4 rings (SSSR count). The van der Waals surface area contributed by atoms with Crippen molar-refractivity contribution in [3.05, 3.63) is 71.9 Å². The maximum absolute atomic E-state index is 12.8. The average molecular weight is 360 g/mol. The number of hydrogen-bond donors (Lipinski definition) is 1. The second-order valence-electron chi connectivity index (χ2n) is 7.81. The lowest BCUT2D eigenvalue weighted by molar-refractivity contribution is 0.0945. The topological polar surface area (TPSA) is 43.3 Å². The Hall–Kier alpha value is -3.01. The fraction of sp³-hybridized carbons (Fsp3) is 0.261. The summed E-state index contributed by atoms with van der Waals surface area (Å²) in [6.07, 6.45) is 0.819. The molecule has 4 nitrogen and oxygen atoms in total. The molecule has 1 aliphatic rings. The molecule has 1 aromatic heterocycles. The van der Waals surface area contributed by atoms with Crippen LogP contribution in [0.2, 0.25) is 0 Å². The maximum Gasteiger partial charge on any atom is 0.253 e. The van der Waals surface area contributed by atoms with Gasteiger partial charge in [0.15, 0.2) is 0 Å². The Morgan fingerprint density at radius 2 is 1.74 bits per heavy atom. The smallest absolute Gasteiger partial charge is 0.253 e. The van der Waals surface area contributed by atoms with Gasteiger partial charge in [-0.05, 0) is 47.7 Å². The zero-order valence-corrected chi connectivity index (χ0v) is 16.0. The zero-order valence-electron chi connectivity index (χ0n) is 16.0. The second kappa shape index (κ2) is 6.62. The summed E-state index contributed by atoms with van der Waals surface area (Å²) in [6.45, 7) is 5.05. The van der Waals surface area contributed by atoms with Crippen LogP contribution in [0.15, 0.2) is 60.7 Å². The van der Waals surface area contributed by atoms with E-state index in [0.29, 0.717) is 6.54 Å². The molecule has 1 N–H and O–H groups in total. The van der Waals surface area contributed by atoms with Crippen molar-refractivity contribution in [3.63, 3.8) is 0 Å². The van der Waals surface area contributed by atoms with Crippen LogP contribution in [-0.2, 0) is 6.42 Å². The highest BCUT2D eigenvalue weighted by molar-refractivity contribution is 5.98. The van der Waals surface area contributed by atoms with Gasteiger partial charge in [-0.3, -0.25) is 4.79 Å². The SMILES string of the molecule is COc1ccc(-n2c(-c3ccccc3)cc3c2CC(C)(C)CNC3=O)cc1. The lowest BCUT2D eigenvalue weighted by Gasteiger charge is -2.24. The van der Waals surface area contributed by atoms with E-state index < -0.39 is 0 Å². The first-order chi connectivity index (χ1) is 13.0. The van der Waals surface area contributed by atoms with Gasteiger partial charge in [0.2, 0.25) is 0 Å². The minimum atomic E-state index is -0.0164. The Morgan fingerprint density at radius 1 is 1.04 bits per heavy atom. The number of nitrogens with zero attached hydrogens (tertiary/aromatic N) is 1. The largest absolute Gasteiger partial charge is 0.497 e. The van der Waals surface area contributed by atoms with E-state index in [1.54, 1.807) is 7.11 Å². The third-order valence-corrected chi connectivity index (χ3v) is 5.12. The molecule has 0 fully saturated rings. The Labute approximate surface area is 159 Å². The van der Waals surface area contributed by atoms with Crippen LogP contribution in [0.3, 0.4) is 0 Å². The van der Waals surface area contributed by atoms with Crippen LogP contribution in [-0.4, -0.2) is 24.1 Å². The molecule has 0 bridgehead atoms. The van der Waals surface area contributed by atoms with Crippen LogP contribution < -0.4 is 10.1 Å². The average Bonchev–Trinajstić information content (AvgIpc) is 3.00. The maximum atomic E-state index is 12.8. The van der Waals surface area contributed by atoms with Crippen molar-refractivity contribution in [1.29, 1.82) is 0 Å². The molecule has 0 atom stereocenters. The Kier molecular flexibility index (Phi) is 4.27. The van der Waals surface area contributed by atoms with Gasteiger partial charge in [-0.25, -0.2) is 0 Å². The summed E-state index contributed by atoms with van der Waals surface area (Å²) < 4.78 is 7.53. The number of nitrogens with one attached hydrogen (secondary N) is 1. The summed E-state index contributed by atoms with van der Waals surface area (Å²) in [6, 6.07) is 20.2. The zero-order chi connectivity index (χ0) is 19.0. The highest BCUT2D eigenvalue weighted by Crippen LogP contribution is 2.35. The first-order valence-corrected chi connectivity index (χ1v) is 9.21.